The van der Waals surface area contributed by atoms with Crippen LogP contribution in [0.3, 0.4) is 0 Å². The summed E-state index contributed by atoms with van der Waals surface area (Å²) in [7, 11) is 0. The maximum atomic E-state index is 6.11. The van der Waals surface area contributed by atoms with E-state index in [4.69, 9.17) is 4.74 Å². The zero-order valence-corrected chi connectivity index (χ0v) is 12.4. The number of aromatic nitrogens is 2. The van der Waals surface area contributed by atoms with Crippen LogP contribution in [0.2, 0.25) is 0 Å². The number of nitrogens with zero attached hydrogens (tertiary/aromatic N) is 2. The molecule has 0 atom stereocenters. The number of hydrogen-bond acceptors (Lipinski definition) is 3. The summed E-state index contributed by atoms with van der Waals surface area (Å²) in [6.45, 7) is 0. The van der Waals surface area contributed by atoms with Crippen molar-refractivity contribution in [2.45, 2.75) is 31.8 Å². The maximum Gasteiger partial charge on any atom is 0.120 e. The van der Waals surface area contributed by atoms with E-state index in [0.29, 0.717) is 6.10 Å². The van der Waals surface area contributed by atoms with Gasteiger partial charge in [-0.1, -0.05) is 12.1 Å². The number of hydrogen-bond donors (Lipinski definition) is 0. The third kappa shape index (κ3) is 2.54. The van der Waals surface area contributed by atoms with Gasteiger partial charge in [0.25, 0.3) is 0 Å². The number of pyridine rings is 2. The van der Waals surface area contributed by atoms with E-state index >= 15 is 0 Å². The first-order chi connectivity index (χ1) is 10.9. The minimum Gasteiger partial charge on any atom is -0.490 e. The van der Waals surface area contributed by atoms with Crippen LogP contribution in [0.15, 0.2) is 55.0 Å². The van der Waals surface area contributed by atoms with Gasteiger partial charge in [-0.15, -0.1) is 0 Å². The third-order valence-electron chi connectivity index (χ3n) is 4.28. The largest absolute Gasteiger partial charge is 0.490 e. The van der Waals surface area contributed by atoms with E-state index in [9.17, 15) is 0 Å². The van der Waals surface area contributed by atoms with Crippen LogP contribution in [-0.4, -0.2) is 16.1 Å². The van der Waals surface area contributed by atoms with Crippen LogP contribution in [-0.2, 0) is 0 Å². The molecular formula is C19H18N2O. The zero-order valence-electron chi connectivity index (χ0n) is 12.4. The van der Waals surface area contributed by atoms with Gasteiger partial charge in [0, 0.05) is 34.9 Å². The summed E-state index contributed by atoms with van der Waals surface area (Å²) in [6.07, 6.45) is 10.8. The lowest BCUT2D eigenvalue weighted by Crippen LogP contribution is -2.10. The van der Waals surface area contributed by atoms with Gasteiger partial charge in [-0.2, -0.15) is 0 Å². The van der Waals surface area contributed by atoms with Crippen LogP contribution in [0.4, 0.5) is 0 Å². The van der Waals surface area contributed by atoms with Crippen LogP contribution < -0.4 is 4.74 Å². The van der Waals surface area contributed by atoms with E-state index < -0.39 is 0 Å². The zero-order chi connectivity index (χ0) is 14.8. The summed E-state index contributed by atoms with van der Waals surface area (Å²) in [5, 5.41) is 2.23. The van der Waals surface area contributed by atoms with E-state index in [1.54, 1.807) is 0 Å². The Morgan fingerprint density at radius 3 is 2.82 bits per heavy atom. The first kappa shape index (κ1) is 13.3. The Morgan fingerprint density at radius 1 is 1.00 bits per heavy atom. The molecule has 3 nitrogen and oxygen atoms in total. The fourth-order valence-corrected chi connectivity index (χ4v) is 3.16. The van der Waals surface area contributed by atoms with E-state index in [1.807, 2.05) is 42.9 Å². The topological polar surface area (TPSA) is 35.0 Å². The van der Waals surface area contributed by atoms with E-state index in [0.717, 1.165) is 27.8 Å². The van der Waals surface area contributed by atoms with Crippen molar-refractivity contribution in [2.75, 3.05) is 0 Å². The molecule has 0 spiro atoms. The third-order valence-corrected chi connectivity index (χ3v) is 4.28. The highest BCUT2D eigenvalue weighted by Crippen LogP contribution is 2.30. The van der Waals surface area contributed by atoms with Crippen LogP contribution in [0.5, 0.6) is 5.75 Å². The van der Waals surface area contributed by atoms with Crippen molar-refractivity contribution >= 4 is 10.8 Å². The smallest absolute Gasteiger partial charge is 0.120 e. The number of benzene rings is 1. The summed E-state index contributed by atoms with van der Waals surface area (Å²) < 4.78 is 6.11. The van der Waals surface area contributed by atoms with Crippen molar-refractivity contribution in [1.29, 1.82) is 0 Å². The van der Waals surface area contributed by atoms with E-state index in [2.05, 4.69) is 22.1 Å². The molecule has 1 aliphatic rings. The normalized spacial score (nSPS) is 15.3. The van der Waals surface area contributed by atoms with Crippen molar-refractivity contribution in [2.24, 2.45) is 0 Å². The van der Waals surface area contributed by atoms with Crippen molar-refractivity contribution in [3.8, 4) is 17.0 Å². The molecule has 3 heteroatoms. The summed E-state index contributed by atoms with van der Waals surface area (Å²) in [4.78, 5) is 8.75. The summed E-state index contributed by atoms with van der Waals surface area (Å²) in [5.74, 6) is 0.942. The Morgan fingerprint density at radius 2 is 1.91 bits per heavy atom. The highest BCUT2D eigenvalue weighted by atomic mass is 16.5. The quantitative estimate of drug-likeness (QED) is 0.706. The maximum absolute atomic E-state index is 6.11. The van der Waals surface area contributed by atoms with Gasteiger partial charge in [-0.25, -0.2) is 0 Å². The molecule has 0 unspecified atom stereocenters. The molecule has 110 valence electrons. The number of fused-ring (bicyclic) bond motifs is 1. The van der Waals surface area contributed by atoms with Crippen LogP contribution in [0.25, 0.3) is 22.0 Å². The predicted molar refractivity (Wildman–Crippen MR) is 87.9 cm³/mol. The average Bonchev–Trinajstić information content (AvgIpc) is 3.07. The molecule has 0 bridgehead atoms. The lowest BCUT2D eigenvalue weighted by atomic mass is 10.1. The van der Waals surface area contributed by atoms with Crippen LogP contribution in [0, 0.1) is 0 Å². The summed E-state index contributed by atoms with van der Waals surface area (Å²) in [6, 6.07) is 12.3. The van der Waals surface area contributed by atoms with Crippen LogP contribution >= 0.6 is 0 Å². The average molecular weight is 290 g/mol. The molecule has 1 saturated carbocycles. The summed E-state index contributed by atoms with van der Waals surface area (Å²) in [5.41, 5.74) is 2.07. The fraction of sp³-hybridized carbons (Fsp3) is 0.263. The Balaban J connectivity index is 1.72. The molecule has 3 aromatic rings. The monoisotopic (exact) mass is 290 g/mol. The number of rotatable bonds is 3. The van der Waals surface area contributed by atoms with Gasteiger partial charge in [-0.05, 0) is 49.9 Å². The van der Waals surface area contributed by atoms with Crippen molar-refractivity contribution in [3.05, 3.63) is 55.0 Å². The molecule has 2 heterocycles. The van der Waals surface area contributed by atoms with Gasteiger partial charge >= 0.3 is 0 Å². The molecule has 1 aliphatic carbocycles. The first-order valence-electron chi connectivity index (χ1n) is 7.86. The molecular weight excluding hydrogens is 272 g/mol. The molecule has 2 aromatic heterocycles. The molecule has 0 aliphatic heterocycles. The minimum atomic E-state index is 0.375. The SMILES string of the molecule is c1cc(OC2CCCC2)cc(-c2nccc3cnccc23)c1. The van der Waals surface area contributed by atoms with Crippen molar-refractivity contribution in [1.82, 2.24) is 9.97 Å². The van der Waals surface area contributed by atoms with Gasteiger partial charge in [0.1, 0.15) is 5.75 Å². The molecule has 22 heavy (non-hydrogen) atoms. The van der Waals surface area contributed by atoms with Gasteiger partial charge in [0.2, 0.25) is 0 Å². The van der Waals surface area contributed by atoms with E-state index in [-0.39, 0.29) is 0 Å². The van der Waals surface area contributed by atoms with Gasteiger partial charge in [-0.3, -0.25) is 9.97 Å². The second kappa shape index (κ2) is 5.76. The minimum absolute atomic E-state index is 0.375. The Bertz CT molecular complexity index is 789. The fourth-order valence-electron chi connectivity index (χ4n) is 3.16. The first-order valence-corrected chi connectivity index (χ1v) is 7.86. The van der Waals surface area contributed by atoms with Gasteiger partial charge < -0.3 is 4.74 Å². The predicted octanol–water partition coefficient (Wildman–Crippen LogP) is 4.62. The summed E-state index contributed by atoms with van der Waals surface area (Å²) >= 11 is 0. The highest BCUT2D eigenvalue weighted by molar-refractivity contribution is 5.93. The molecule has 0 amide bonds. The Kier molecular flexibility index (Phi) is 3.47. The lowest BCUT2D eigenvalue weighted by molar-refractivity contribution is 0.210. The van der Waals surface area contributed by atoms with Crippen molar-refractivity contribution in [3.63, 3.8) is 0 Å². The lowest BCUT2D eigenvalue weighted by Gasteiger charge is -2.14. The molecule has 0 saturated heterocycles. The standard InChI is InChI=1S/C19H18N2O/c1-2-6-16(5-1)22-17-7-3-4-14(12-17)19-18-9-10-20-13-15(18)8-11-21-19/h3-4,7-13,16H,1-2,5-6H2. The molecule has 1 fully saturated rings. The molecule has 1 aromatic carbocycles. The van der Waals surface area contributed by atoms with Gasteiger partial charge in [0.05, 0.1) is 11.8 Å². The van der Waals surface area contributed by atoms with E-state index in [1.165, 1.54) is 25.7 Å². The second-order valence-electron chi connectivity index (χ2n) is 5.81. The molecule has 4 rings (SSSR count). The van der Waals surface area contributed by atoms with Crippen LogP contribution in [0.1, 0.15) is 25.7 Å². The second-order valence-corrected chi connectivity index (χ2v) is 5.81. The Labute approximate surface area is 130 Å². The Hall–Kier alpha value is -2.42. The molecule has 0 radical (unpaired) electrons. The molecule has 0 N–H and O–H groups in total. The van der Waals surface area contributed by atoms with Gasteiger partial charge in [0.15, 0.2) is 0 Å². The highest BCUT2D eigenvalue weighted by Gasteiger charge is 2.16. The number of ether oxygens (including phenoxy) is 1. The van der Waals surface area contributed by atoms with Crippen molar-refractivity contribution < 1.29 is 4.74 Å².